The number of rotatable bonds is 16. The van der Waals surface area contributed by atoms with Gasteiger partial charge in [0.15, 0.2) is 5.78 Å². The molecule has 0 atom stereocenters. The first-order valence-electron chi connectivity index (χ1n) is 22.8. The maximum Gasteiger partial charge on any atom is 0.324 e. The van der Waals surface area contributed by atoms with E-state index in [4.69, 9.17) is 13.9 Å². The number of benzene rings is 4. The van der Waals surface area contributed by atoms with Crippen LogP contribution in [0.5, 0.6) is 11.5 Å². The Hall–Kier alpha value is -7.20. The molecule has 16 nitrogen and oxygen atoms in total. The van der Waals surface area contributed by atoms with E-state index in [1.165, 1.54) is 48.3 Å². The fraction of sp³-hybridized carbons (Fsp3) is 0.388. The third kappa shape index (κ3) is 14.0. The van der Waals surface area contributed by atoms with Crippen LogP contribution in [-0.2, 0) is 17.9 Å². The molecule has 4 aromatic carbocycles. The number of anilines is 2. The van der Waals surface area contributed by atoms with Gasteiger partial charge in [-0.2, -0.15) is 17.6 Å². The summed E-state index contributed by atoms with van der Waals surface area (Å²) in [6.07, 6.45) is -6.16. The summed E-state index contributed by atoms with van der Waals surface area (Å²) >= 11 is 0. The molecule has 0 aliphatic carbocycles. The fourth-order valence-electron chi connectivity index (χ4n) is 7.73. The molecule has 0 unspecified atom stereocenters. The van der Waals surface area contributed by atoms with Crippen molar-refractivity contribution in [1.29, 1.82) is 0 Å². The van der Waals surface area contributed by atoms with Gasteiger partial charge in [0, 0.05) is 98.1 Å². The molecule has 3 heterocycles. The summed E-state index contributed by atoms with van der Waals surface area (Å²) in [4.78, 5) is 61.1. The van der Waals surface area contributed by atoms with Crippen molar-refractivity contribution in [2.75, 3.05) is 96.0 Å². The van der Waals surface area contributed by atoms with E-state index in [1.807, 2.05) is 0 Å². The normalized spacial score (nSPS) is 14.2. The van der Waals surface area contributed by atoms with E-state index in [0.717, 1.165) is 51.4 Å². The lowest BCUT2D eigenvalue weighted by molar-refractivity contribution is -0.131. The zero-order valence-electron chi connectivity index (χ0n) is 39.6. The second-order valence-electron chi connectivity index (χ2n) is 16.3. The van der Waals surface area contributed by atoms with Crippen LogP contribution in [0.15, 0.2) is 89.3 Å². The van der Waals surface area contributed by atoms with Gasteiger partial charge in [-0.15, -0.1) is 10.2 Å². The minimum Gasteiger partial charge on any atom is -0.497 e. The minimum atomic E-state index is -3.25. The van der Waals surface area contributed by atoms with Gasteiger partial charge >= 0.3 is 24.9 Å². The van der Waals surface area contributed by atoms with Gasteiger partial charge in [-0.05, 0) is 55.6 Å². The number of hydrogen-bond acceptors (Lipinski definition) is 11. The van der Waals surface area contributed by atoms with Gasteiger partial charge < -0.3 is 38.8 Å². The molecule has 71 heavy (non-hydrogen) atoms. The predicted molar refractivity (Wildman–Crippen MR) is 251 cm³/mol. The number of likely N-dealkylation sites (N-methyl/N-ethyl adjacent to an activating group) is 2. The van der Waals surface area contributed by atoms with Crippen LogP contribution in [0.2, 0.25) is 0 Å². The summed E-state index contributed by atoms with van der Waals surface area (Å²) in [5.41, 5.74) is 1.57. The highest BCUT2D eigenvalue weighted by Crippen LogP contribution is 2.29. The van der Waals surface area contributed by atoms with Gasteiger partial charge in [-0.3, -0.25) is 19.4 Å². The first-order chi connectivity index (χ1) is 34.1. The molecule has 0 saturated carbocycles. The number of carbonyl (C=O) groups excluding carboxylic acids is 4. The van der Waals surface area contributed by atoms with E-state index in [2.05, 4.69) is 33.8 Å². The largest absolute Gasteiger partial charge is 0.497 e. The monoisotopic (exact) mass is 995 g/mol. The van der Waals surface area contributed by atoms with Gasteiger partial charge in [-0.1, -0.05) is 44.2 Å². The number of amides is 5. The number of alkyl halides is 4. The summed E-state index contributed by atoms with van der Waals surface area (Å²) in [5, 5.41) is 8.63. The van der Waals surface area contributed by atoms with E-state index >= 15 is 8.78 Å². The lowest BCUT2D eigenvalue weighted by atomic mass is 10.1. The molecule has 5 aromatic rings. The number of piperazine rings is 2. The average Bonchev–Trinajstić information content (AvgIpc) is 3.90. The number of halogens is 6. The number of aromatic nitrogens is 2. The van der Waals surface area contributed by atoms with Crippen LogP contribution in [0.3, 0.4) is 0 Å². The summed E-state index contributed by atoms with van der Waals surface area (Å²) in [6.45, 7) is 10.3. The Labute approximate surface area is 406 Å². The molecule has 2 saturated heterocycles. The number of methoxy groups -OCH3 is 2. The van der Waals surface area contributed by atoms with Gasteiger partial charge in [0.25, 0.3) is 11.8 Å². The van der Waals surface area contributed by atoms with Crippen LogP contribution in [0.25, 0.3) is 11.5 Å². The zero-order valence-corrected chi connectivity index (χ0v) is 39.6. The summed E-state index contributed by atoms with van der Waals surface area (Å²) in [6, 6.07) is 21.1. The van der Waals surface area contributed by atoms with Crippen molar-refractivity contribution in [2.45, 2.75) is 39.8 Å². The average molecular weight is 996 g/mol. The molecule has 7 rings (SSSR count). The highest BCUT2D eigenvalue weighted by molar-refractivity contribution is 5.99. The molecule has 0 spiro atoms. The topological polar surface area (TPSA) is 157 Å². The highest BCUT2D eigenvalue weighted by Gasteiger charge is 2.29. The number of nitrogens with zero attached hydrogens (tertiary/aromatic N) is 8. The molecular formula is C49H55F6N9O7. The zero-order chi connectivity index (χ0) is 51.2. The summed E-state index contributed by atoms with van der Waals surface area (Å²) < 4.78 is 95.7. The molecule has 1 N–H and O–H groups in total. The standard InChI is InChI=1S/C25H29F3N4O4.C24H26F3N5O3/c1-3-30-9-11-31(12-10-30)25(35)32(19-5-4-6-20(14-19)36-2)16-18-8-7-17(13-21(18)26)22(33)15-29-24(34)23(27)28;1-3-30-9-11-31(12-10-30)24(33)32(18-5-4-6-19(14-18)34-2)15-17-8-7-16(13-20(17)25)22-28-29-23(35-22)21(26)27/h4-8,13-14,23H,3,9-12,15-16H2,1-2H3,(H,29,34);4-8,13-14,21H,3,9-12,15H2,1-2H3. The Balaban J connectivity index is 0.000000232. The quantitative estimate of drug-likeness (QED) is 0.0762. The van der Waals surface area contributed by atoms with Crippen LogP contribution >= 0.6 is 0 Å². The van der Waals surface area contributed by atoms with Crippen molar-refractivity contribution in [1.82, 2.24) is 35.1 Å². The molecule has 2 aliphatic heterocycles. The number of nitrogens with one attached hydrogen (secondary N) is 1. The Morgan fingerprint density at radius 3 is 1.58 bits per heavy atom. The maximum absolute atomic E-state index is 15.1. The van der Waals surface area contributed by atoms with Crippen molar-refractivity contribution in [3.05, 3.63) is 119 Å². The minimum absolute atomic E-state index is 0.0434. The summed E-state index contributed by atoms with van der Waals surface area (Å²) in [7, 11) is 3.04. The van der Waals surface area contributed by atoms with E-state index in [0.29, 0.717) is 49.1 Å². The van der Waals surface area contributed by atoms with E-state index in [-0.39, 0.29) is 53.3 Å². The molecule has 0 radical (unpaired) electrons. The Morgan fingerprint density at radius 1 is 0.662 bits per heavy atom. The molecule has 2 fully saturated rings. The lowest BCUT2D eigenvalue weighted by Crippen LogP contribution is -2.52. The van der Waals surface area contributed by atoms with Gasteiger partial charge in [0.1, 0.15) is 23.1 Å². The van der Waals surface area contributed by atoms with Crippen LogP contribution in [0.1, 0.15) is 47.6 Å². The summed E-state index contributed by atoms with van der Waals surface area (Å²) in [5.74, 6) is -3.60. The Morgan fingerprint density at radius 2 is 1.15 bits per heavy atom. The Kier molecular flexibility index (Phi) is 18.8. The number of carbonyl (C=O) groups is 4. The molecule has 380 valence electrons. The van der Waals surface area contributed by atoms with Gasteiger partial charge in [0.2, 0.25) is 5.89 Å². The molecule has 0 bridgehead atoms. The van der Waals surface area contributed by atoms with E-state index in [1.54, 1.807) is 63.6 Å². The van der Waals surface area contributed by atoms with Gasteiger partial charge in [0.05, 0.1) is 33.9 Å². The van der Waals surface area contributed by atoms with Crippen molar-refractivity contribution in [3.63, 3.8) is 0 Å². The van der Waals surface area contributed by atoms with Crippen LogP contribution < -0.4 is 24.6 Å². The SMILES string of the molecule is CCN1CCN(C(=O)N(Cc2ccc(-c3nnc(C(F)F)o3)cc2F)c2cccc(OC)c2)CC1.CCN1CCN(C(=O)N(Cc2ccc(C(=O)CNC(=O)C(F)F)cc2F)c2cccc(OC)c2)CC1. The number of Topliss-reactive ketones (excluding diaryl/α,β-unsaturated/α-hetero) is 1. The lowest BCUT2D eigenvalue weighted by Gasteiger charge is -2.37. The van der Waals surface area contributed by atoms with Crippen LogP contribution in [0, 0.1) is 11.6 Å². The highest BCUT2D eigenvalue weighted by atomic mass is 19.3. The molecule has 1 aromatic heterocycles. The number of ether oxygens (including phenoxy) is 2. The number of urea groups is 2. The van der Waals surface area contributed by atoms with E-state index in [9.17, 15) is 36.7 Å². The molecular weight excluding hydrogens is 941 g/mol. The second kappa shape index (κ2) is 25.1. The van der Waals surface area contributed by atoms with Crippen molar-refractivity contribution < 1.29 is 59.4 Å². The molecule has 2 aliphatic rings. The third-order valence-corrected chi connectivity index (χ3v) is 12.0. The first kappa shape index (κ1) is 53.2. The molecule has 22 heteroatoms. The van der Waals surface area contributed by atoms with Crippen LogP contribution in [-0.4, -0.2) is 146 Å². The smallest absolute Gasteiger partial charge is 0.324 e. The van der Waals surface area contributed by atoms with E-state index < -0.39 is 48.6 Å². The number of hydrogen-bond donors (Lipinski definition) is 1. The Bertz CT molecular complexity index is 2610. The van der Waals surface area contributed by atoms with Gasteiger partial charge in [-0.25, -0.2) is 18.4 Å². The maximum atomic E-state index is 15.1. The molecule has 5 amide bonds. The third-order valence-electron chi connectivity index (χ3n) is 12.0. The second-order valence-corrected chi connectivity index (χ2v) is 16.3. The first-order valence-corrected chi connectivity index (χ1v) is 22.8. The fourth-order valence-corrected chi connectivity index (χ4v) is 7.73. The van der Waals surface area contributed by atoms with Crippen LogP contribution in [0.4, 0.5) is 47.3 Å². The number of ketones is 1. The van der Waals surface area contributed by atoms with Crippen molar-refractivity contribution >= 4 is 35.1 Å². The van der Waals surface area contributed by atoms with Crippen molar-refractivity contribution in [2.24, 2.45) is 0 Å². The predicted octanol–water partition coefficient (Wildman–Crippen LogP) is 7.75. The van der Waals surface area contributed by atoms with Crippen molar-refractivity contribution in [3.8, 4) is 23.0 Å².